The third-order valence-corrected chi connectivity index (χ3v) is 15.0. The monoisotopic (exact) mass is 1140 g/mol. The Morgan fingerprint density at radius 1 is 0.464 bits per heavy atom. The molecule has 12 atom stereocenters. The second-order valence-corrected chi connectivity index (χ2v) is 20.9. The number of nitrogens with one attached hydrogen (secondary N) is 4. The lowest BCUT2D eigenvalue weighted by Crippen LogP contribution is -2.60. The summed E-state index contributed by atoms with van der Waals surface area (Å²) in [6.45, 7) is 1.95. The normalized spacial score (nSPS) is 23.6. The summed E-state index contributed by atoms with van der Waals surface area (Å²) in [4.78, 5) is 43.4. The number of H-pyrrole nitrogens is 2. The number of anilines is 2. The number of amides is 2. The van der Waals surface area contributed by atoms with Crippen LogP contribution in [0.2, 0.25) is 0 Å². The number of hydrogen-bond acceptors (Lipinski definition) is 18. The van der Waals surface area contributed by atoms with Crippen molar-refractivity contribution < 1.29 is 69.4 Å². The standard InChI is InChI=1S/C62H62N8O14/c1-29(63)59(79)65-35-11-3-31(4-12-35)49-39-19-23-43(67-39)51(33-7-15-37(16-8-33)81-61-57(77)55(75)53(73)47(27-71)83-61)45-25-21-41(69-45)50(32-5-13-36(14-6-32)66-60(80)30(2)64)42-22-26-46(70-42)52(44-24-20-40(49)68-44)34-9-17-38(18-10-34)82-62-58(78)56(76)54(74)48(28-72)84-62/h3-26,29-30,47-48,53-58,61-62,67,70-78H,27-28,63-64H2,1-2H3,(H,65,79)(H,66,80)/t29?,30?,47-,48-,53-,54-,55+,56+,57-,58-,61-,62-/m1/s1. The molecule has 8 bridgehead atoms. The minimum atomic E-state index is -1.64. The molecule has 4 aliphatic heterocycles. The minimum Gasteiger partial charge on any atom is -0.462 e. The van der Waals surface area contributed by atoms with E-state index in [9.17, 15) is 50.4 Å². The van der Waals surface area contributed by atoms with Gasteiger partial charge in [-0.25, -0.2) is 9.97 Å². The predicted octanol–water partition coefficient (Wildman–Crippen LogP) is 4.25. The molecule has 0 radical (unpaired) electrons. The molecule has 2 saturated heterocycles. The first-order chi connectivity index (χ1) is 40.5. The van der Waals surface area contributed by atoms with Gasteiger partial charge in [0.1, 0.15) is 60.3 Å². The summed E-state index contributed by atoms with van der Waals surface area (Å²) in [7, 11) is 0. The number of ether oxygens (including phenoxy) is 4. The van der Waals surface area contributed by atoms with E-state index in [2.05, 4.69) is 20.6 Å². The summed E-state index contributed by atoms with van der Waals surface area (Å²) in [5, 5.41) is 88.6. The highest BCUT2D eigenvalue weighted by molar-refractivity contribution is 6.01. The smallest absolute Gasteiger partial charge is 0.240 e. The number of hydrogen-bond donors (Lipinski definition) is 14. The van der Waals surface area contributed by atoms with Gasteiger partial charge in [-0.1, -0.05) is 48.5 Å². The number of carbonyl (C=O) groups excluding carboxylic acids is 2. The van der Waals surface area contributed by atoms with E-state index in [1.165, 1.54) is 0 Å². The SMILES string of the molecule is CC(N)C(=O)Nc1ccc(-c2c3nc(c(-c4ccc(O[C@@H]5O[C@H](CO)[C@@H](O)[C@H](O)[C@H]5O)cc4)c4ccc([nH]4)c(-c4ccc(NC(=O)C(C)N)cc4)c4nc(c(-c5ccc(O[C@@H]6O[C@H](CO)[C@@H](O)[C@H](O)[C@H]6O)cc5)c5ccc2[nH]5)C=C4)C=C3)cc1. The molecule has 7 heterocycles. The average Bonchev–Trinajstić information content (AvgIpc) is 4.05. The maximum atomic E-state index is 12.7. The molecule has 0 spiro atoms. The molecule has 11 rings (SSSR count). The van der Waals surface area contributed by atoms with Crippen molar-refractivity contribution in [2.45, 2.75) is 87.3 Å². The summed E-state index contributed by atoms with van der Waals surface area (Å²) in [5.74, 6) is -0.206. The fourth-order valence-electron chi connectivity index (χ4n) is 10.4. The molecular formula is C62H62N8O14. The Bertz CT molecular complexity index is 3560. The third-order valence-electron chi connectivity index (χ3n) is 15.0. The van der Waals surface area contributed by atoms with Crippen molar-refractivity contribution >= 4 is 69.6 Å². The molecular weight excluding hydrogens is 1080 g/mol. The van der Waals surface area contributed by atoms with Gasteiger partial charge in [0.25, 0.3) is 0 Å². The van der Waals surface area contributed by atoms with Gasteiger partial charge < -0.3 is 91.9 Å². The number of fused-ring (bicyclic) bond motifs is 8. The van der Waals surface area contributed by atoms with Crippen molar-refractivity contribution in [1.29, 1.82) is 0 Å². The van der Waals surface area contributed by atoms with Gasteiger partial charge in [0.15, 0.2) is 0 Å². The molecule has 0 saturated carbocycles. The highest BCUT2D eigenvalue weighted by atomic mass is 16.7. The molecule has 4 aliphatic rings. The van der Waals surface area contributed by atoms with Crippen LogP contribution in [0.5, 0.6) is 11.5 Å². The lowest BCUT2D eigenvalue weighted by Gasteiger charge is -2.39. The lowest BCUT2D eigenvalue weighted by molar-refractivity contribution is -0.277. The fourth-order valence-corrected chi connectivity index (χ4v) is 10.4. The van der Waals surface area contributed by atoms with E-state index in [1.807, 2.05) is 72.8 Å². The first-order valence-electron chi connectivity index (χ1n) is 27.1. The summed E-state index contributed by atoms with van der Waals surface area (Å²) in [6.07, 6.45) is -7.24. The van der Waals surface area contributed by atoms with Crippen LogP contribution in [0.25, 0.3) is 90.9 Å². The Kier molecular flexibility index (Phi) is 16.4. The van der Waals surface area contributed by atoms with Crippen molar-refractivity contribution in [3.63, 3.8) is 0 Å². The van der Waals surface area contributed by atoms with Crippen LogP contribution in [0.1, 0.15) is 36.6 Å². The van der Waals surface area contributed by atoms with Crippen LogP contribution in [0.3, 0.4) is 0 Å². The van der Waals surface area contributed by atoms with Crippen LogP contribution in [0.4, 0.5) is 11.4 Å². The highest BCUT2D eigenvalue weighted by Gasteiger charge is 2.46. The quantitative estimate of drug-likeness (QED) is 0.0723. The van der Waals surface area contributed by atoms with Crippen LogP contribution >= 0.6 is 0 Å². The van der Waals surface area contributed by atoms with Crippen LogP contribution in [0.15, 0.2) is 121 Å². The molecule has 22 heteroatoms. The number of aliphatic hydroxyl groups excluding tert-OH is 8. The molecule has 22 nitrogen and oxygen atoms in total. The zero-order chi connectivity index (χ0) is 59.1. The molecule has 16 N–H and O–H groups in total. The van der Waals surface area contributed by atoms with E-state index < -0.39 is 86.7 Å². The average molecular weight is 1140 g/mol. The molecule has 2 fully saturated rings. The molecule has 2 unspecified atom stereocenters. The zero-order valence-electron chi connectivity index (χ0n) is 45.3. The number of rotatable bonds is 14. The van der Waals surface area contributed by atoms with E-state index in [0.29, 0.717) is 89.6 Å². The number of nitrogens with zero attached hydrogens (tertiary/aromatic N) is 2. The van der Waals surface area contributed by atoms with Gasteiger partial charge in [-0.3, -0.25) is 9.59 Å². The number of aliphatic hydroxyl groups is 8. The van der Waals surface area contributed by atoms with Gasteiger partial charge in [-0.05, 0) is 133 Å². The van der Waals surface area contributed by atoms with Gasteiger partial charge in [-0.15, -0.1) is 0 Å². The molecule has 3 aromatic heterocycles. The number of nitrogens with two attached hydrogens (primary N) is 2. The summed E-state index contributed by atoms with van der Waals surface area (Å²) in [6, 6.07) is 34.7. The summed E-state index contributed by atoms with van der Waals surface area (Å²) < 4.78 is 23.3. The van der Waals surface area contributed by atoms with E-state index in [-0.39, 0.29) is 23.3 Å². The Hall–Kier alpha value is -8.46. The Balaban J connectivity index is 1.11. The summed E-state index contributed by atoms with van der Waals surface area (Å²) >= 11 is 0. The van der Waals surface area contributed by atoms with Crippen molar-refractivity contribution in [3.05, 3.63) is 144 Å². The Morgan fingerprint density at radius 2 is 0.750 bits per heavy atom. The van der Waals surface area contributed by atoms with Crippen LogP contribution in [-0.4, -0.2) is 159 Å². The van der Waals surface area contributed by atoms with Gasteiger partial charge >= 0.3 is 0 Å². The van der Waals surface area contributed by atoms with Crippen molar-refractivity contribution in [2.24, 2.45) is 11.5 Å². The van der Waals surface area contributed by atoms with Crippen molar-refractivity contribution in [2.75, 3.05) is 23.8 Å². The second kappa shape index (κ2) is 24.0. The zero-order valence-corrected chi connectivity index (χ0v) is 45.3. The predicted molar refractivity (Wildman–Crippen MR) is 314 cm³/mol. The molecule has 7 aromatic rings. The van der Waals surface area contributed by atoms with Gasteiger partial charge in [0.05, 0.1) is 48.1 Å². The molecule has 434 valence electrons. The van der Waals surface area contributed by atoms with Gasteiger partial charge in [0.2, 0.25) is 24.4 Å². The fraction of sp³-hybridized carbons (Fsp3) is 0.258. The van der Waals surface area contributed by atoms with Crippen molar-refractivity contribution in [3.8, 4) is 56.0 Å². The molecule has 84 heavy (non-hydrogen) atoms. The molecule has 2 amide bonds. The maximum Gasteiger partial charge on any atom is 0.240 e. The highest BCUT2D eigenvalue weighted by Crippen LogP contribution is 2.40. The van der Waals surface area contributed by atoms with Gasteiger partial charge in [-0.2, -0.15) is 0 Å². The number of aromatic amines is 2. The number of aromatic nitrogens is 4. The summed E-state index contributed by atoms with van der Waals surface area (Å²) in [5.41, 5.74) is 23.2. The van der Waals surface area contributed by atoms with E-state index >= 15 is 0 Å². The van der Waals surface area contributed by atoms with E-state index in [0.717, 1.165) is 11.1 Å². The Morgan fingerprint density at radius 3 is 1.02 bits per heavy atom. The minimum absolute atomic E-state index is 0.252. The van der Waals surface area contributed by atoms with E-state index in [1.54, 1.807) is 86.6 Å². The molecule has 4 aromatic carbocycles. The van der Waals surface area contributed by atoms with Crippen LogP contribution in [0, 0.1) is 0 Å². The second-order valence-electron chi connectivity index (χ2n) is 20.9. The topological polar surface area (TPSA) is 366 Å². The first-order valence-corrected chi connectivity index (χ1v) is 27.1. The van der Waals surface area contributed by atoms with Gasteiger partial charge in [0, 0.05) is 55.7 Å². The van der Waals surface area contributed by atoms with Crippen LogP contribution < -0.4 is 31.6 Å². The van der Waals surface area contributed by atoms with Crippen LogP contribution in [-0.2, 0) is 19.1 Å². The largest absolute Gasteiger partial charge is 0.462 e. The third kappa shape index (κ3) is 11.5. The molecule has 0 aliphatic carbocycles. The number of carbonyl (C=O) groups is 2. The van der Waals surface area contributed by atoms with Crippen molar-refractivity contribution in [1.82, 2.24) is 19.9 Å². The van der Waals surface area contributed by atoms with E-state index in [4.69, 9.17) is 40.4 Å². The lowest BCUT2D eigenvalue weighted by atomic mass is 9.99. The number of benzene rings is 4. The first kappa shape index (κ1) is 57.4. The maximum absolute atomic E-state index is 12.7. The Labute approximate surface area is 480 Å².